The summed E-state index contributed by atoms with van der Waals surface area (Å²) < 4.78 is 26.6. The molecule has 10 nitrogen and oxygen atoms in total. The molecule has 5 rings (SSSR count). The lowest BCUT2D eigenvalue weighted by Gasteiger charge is -2.23. The molecule has 3 aromatic rings. The predicted octanol–water partition coefficient (Wildman–Crippen LogP) is 6.45. The van der Waals surface area contributed by atoms with E-state index in [1.807, 2.05) is 38.1 Å². The molecule has 12 heteroatoms. The first-order chi connectivity index (χ1) is 21.1. The quantitative estimate of drug-likeness (QED) is 0.101. The van der Waals surface area contributed by atoms with Crippen LogP contribution in [0.4, 0.5) is 5.13 Å². The molecule has 0 bridgehead atoms. The number of aromatic nitrogens is 1. The van der Waals surface area contributed by atoms with Crippen LogP contribution >= 0.6 is 11.3 Å². The van der Waals surface area contributed by atoms with Gasteiger partial charge in [0.25, 0.3) is 5.78 Å². The van der Waals surface area contributed by atoms with Gasteiger partial charge in [0.2, 0.25) is 15.9 Å². The van der Waals surface area contributed by atoms with Gasteiger partial charge in [-0.2, -0.15) is 0 Å². The average Bonchev–Trinajstić information content (AvgIpc) is 3.60. The predicted molar refractivity (Wildman–Crippen MR) is 172 cm³/mol. The molecule has 1 fully saturated rings. The maximum absolute atomic E-state index is 13.6. The Morgan fingerprint density at radius 2 is 1.73 bits per heavy atom. The van der Waals surface area contributed by atoms with Crippen molar-refractivity contribution in [2.24, 2.45) is 0 Å². The Morgan fingerprint density at radius 1 is 1.09 bits per heavy atom. The summed E-state index contributed by atoms with van der Waals surface area (Å²) in [6, 6.07) is 12.4. The number of ketones is 1. The highest BCUT2D eigenvalue weighted by molar-refractivity contribution is 7.97. The van der Waals surface area contributed by atoms with Crippen molar-refractivity contribution < 1.29 is 28.0 Å². The Hall–Kier alpha value is -4.42. The molecule has 0 spiro atoms. The summed E-state index contributed by atoms with van der Waals surface area (Å²) in [6.45, 7) is 10.2. The van der Waals surface area contributed by atoms with E-state index in [4.69, 9.17) is 0 Å². The first kappa shape index (κ1) is 32.0. The number of amides is 1. The minimum atomic E-state index is -4.11. The van der Waals surface area contributed by atoms with Crippen molar-refractivity contribution >= 4 is 43.8 Å². The molecule has 1 aliphatic heterocycles. The number of nitro groups is 1. The molecule has 2 heterocycles. The number of anilines is 1. The number of Topliss-reactive ketones (excluding diaryl/α,β-unsaturated/α-hetero) is 1. The van der Waals surface area contributed by atoms with Gasteiger partial charge >= 0.3 is 5.91 Å². The van der Waals surface area contributed by atoms with Gasteiger partial charge in [0.1, 0.15) is 9.97 Å². The molecule has 0 radical (unpaired) electrons. The van der Waals surface area contributed by atoms with E-state index in [0.717, 1.165) is 22.2 Å². The number of allylic oxidation sites excluding steroid dienone is 1. The second kappa shape index (κ2) is 11.8. The smallest absolute Gasteiger partial charge is 0.301 e. The van der Waals surface area contributed by atoms with Gasteiger partial charge in [0.05, 0.1) is 22.7 Å². The minimum absolute atomic E-state index is 0.0423. The zero-order valence-electron chi connectivity index (χ0n) is 25.4. The lowest BCUT2D eigenvalue weighted by molar-refractivity contribution is -0.508. The van der Waals surface area contributed by atoms with Gasteiger partial charge in [-0.15, -0.1) is 0 Å². The van der Waals surface area contributed by atoms with Crippen LogP contribution in [0.3, 0.4) is 0 Å². The highest BCUT2D eigenvalue weighted by atomic mass is 32.2. The molecular formula is C33H33N3O7S2. The summed E-state index contributed by atoms with van der Waals surface area (Å²) in [7, 11) is -4.11. The van der Waals surface area contributed by atoms with E-state index < -0.39 is 38.5 Å². The van der Waals surface area contributed by atoms with Crippen molar-refractivity contribution in [3.05, 3.63) is 116 Å². The summed E-state index contributed by atoms with van der Waals surface area (Å²) in [5.41, 5.74) is 2.67. The molecule has 2 unspecified atom stereocenters. The summed E-state index contributed by atoms with van der Waals surface area (Å²) >= 11 is 0.705. The van der Waals surface area contributed by atoms with Gasteiger partial charge in [-0.25, -0.2) is 13.4 Å². The van der Waals surface area contributed by atoms with Crippen LogP contribution in [-0.4, -0.2) is 41.2 Å². The Labute approximate surface area is 265 Å². The molecular weight excluding hydrogens is 615 g/mol. The maximum atomic E-state index is 13.6. The maximum Gasteiger partial charge on any atom is 0.301 e. The Balaban J connectivity index is 1.60. The van der Waals surface area contributed by atoms with E-state index in [9.17, 15) is 33.2 Å². The van der Waals surface area contributed by atoms with Gasteiger partial charge in [0.15, 0.2) is 5.13 Å². The van der Waals surface area contributed by atoms with Crippen LogP contribution in [0, 0.1) is 10.1 Å². The van der Waals surface area contributed by atoms with Gasteiger partial charge in [-0.1, -0.05) is 101 Å². The summed E-state index contributed by atoms with van der Waals surface area (Å²) in [6.07, 6.45) is 4.73. The van der Waals surface area contributed by atoms with Gasteiger partial charge in [0, 0.05) is 16.9 Å². The van der Waals surface area contributed by atoms with Crippen LogP contribution in [0.5, 0.6) is 0 Å². The Bertz CT molecular complexity index is 1880. The number of benzene rings is 2. The number of carbonyl (C=O) groups is 2. The molecule has 1 aromatic heterocycles. The molecule has 1 amide bonds. The second-order valence-corrected chi connectivity index (χ2v) is 15.5. The number of nitrogens with zero attached hydrogens (tertiary/aromatic N) is 3. The second-order valence-electron chi connectivity index (χ2n) is 12.3. The Kier molecular flexibility index (Phi) is 8.41. The van der Waals surface area contributed by atoms with E-state index in [1.165, 1.54) is 18.2 Å². The van der Waals surface area contributed by atoms with Crippen LogP contribution < -0.4 is 4.90 Å². The average molecular weight is 648 g/mol. The number of aliphatic hydroxyl groups excluding tert-OH is 1. The number of sulfone groups is 1. The van der Waals surface area contributed by atoms with Gasteiger partial charge in [-0.05, 0) is 40.2 Å². The highest BCUT2D eigenvalue weighted by Crippen LogP contribution is 2.44. The number of aliphatic hydroxyl groups is 1. The van der Waals surface area contributed by atoms with Gasteiger partial charge < -0.3 is 5.11 Å². The fraction of sp³-hybridized carbons (Fsp3) is 0.303. The number of rotatable bonds is 7. The third-order valence-electron chi connectivity index (χ3n) is 7.96. The number of hydrogen-bond acceptors (Lipinski definition) is 9. The molecule has 234 valence electrons. The summed E-state index contributed by atoms with van der Waals surface area (Å²) in [5, 5.41) is 22.6. The third-order valence-corrected chi connectivity index (χ3v) is 11.2. The van der Waals surface area contributed by atoms with Crippen LogP contribution in [0.2, 0.25) is 0 Å². The summed E-state index contributed by atoms with van der Waals surface area (Å²) in [4.78, 5) is 43.1. The highest BCUT2D eigenvalue weighted by Gasteiger charge is 2.48. The van der Waals surface area contributed by atoms with Crippen LogP contribution in [-0.2, 0) is 24.8 Å². The molecule has 2 atom stereocenters. The molecule has 45 heavy (non-hydrogen) atoms. The molecule has 1 saturated heterocycles. The van der Waals surface area contributed by atoms with Crippen LogP contribution in [0.25, 0.3) is 5.76 Å². The van der Waals surface area contributed by atoms with Crippen molar-refractivity contribution in [1.29, 1.82) is 0 Å². The number of thiazole rings is 1. The zero-order chi connectivity index (χ0) is 32.8. The van der Waals surface area contributed by atoms with Crippen molar-refractivity contribution in [2.75, 3.05) is 4.90 Å². The normalized spacial score (nSPS) is 20.1. The lowest BCUT2D eigenvalue weighted by Crippen LogP contribution is -2.29. The monoisotopic (exact) mass is 647 g/mol. The molecule has 1 N–H and O–H groups in total. The van der Waals surface area contributed by atoms with Crippen molar-refractivity contribution in [3.8, 4) is 0 Å². The lowest BCUT2D eigenvalue weighted by atomic mass is 9.86. The first-order valence-corrected chi connectivity index (χ1v) is 16.7. The van der Waals surface area contributed by atoms with Crippen molar-refractivity contribution in [2.45, 2.75) is 68.7 Å². The molecule has 2 aromatic carbocycles. The number of hydrogen-bond donors (Lipinski definition) is 1. The first-order valence-electron chi connectivity index (χ1n) is 14.4. The molecule has 1 aliphatic carbocycles. The van der Waals surface area contributed by atoms with Crippen molar-refractivity contribution in [3.63, 3.8) is 0 Å². The van der Waals surface area contributed by atoms with E-state index in [1.54, 1.807) is 24.3 Å². The Morgan fingerprint density at radius 3 is 2.27 bits per heavy atom. The zero-order valence-corrected chi connectivity index (χ0v) is 27.1. The topological polar surface area (TPSA) is 148 Å². The third kappa shape index (κ3) is 5.99. The van der Waals surface area contributed by atoms with E-state index in [2.05, 4.69) is 25.8 Å². The van der Waals surface area contributed by atoms with E-state index >= 15 is 0 Å². The van der Waals surface area contributed by atoms with E-state index in [0.29, 0.717) is 22.5 Å². The van der Waals surface area contributed by atoms with Crippen molar-refractivity contribution in [1.82, 2.24) is 4.98 Å². The molecule has 2 aliphatic rings. The largest absolute Gasteiger partial charge is 0.507 e. The number of carbonyl (C=O) groups excluding carboxylic acids is 2. The van der Waals surface area contributed by atoms with E-state index in [-0.39, 0.29) is 43.3 Å². The standard InChI is InChI=1S/C33H33N3O7S2/c1-19(2)20-6-8-21(9-7-20)28-27(29(37)22-10-12-23(13-11-22)33(3,4)5)30(38)31(39)35(28)32-34-18-26(44-32)45(42,43)25-16-14-24(15-17-25)36(40)41/h6-14,16-19,24,28,37H,15H2,1-5H3. The minimum Gasteiger partial charge on any atom is -0.507 e. The fourth-order valence-corrected chi connectivity index (χ4v) is 7.87. The molecule has 0 saturated carbocycles. The van der Waals surface area contributed by atoms with Gasteiger partial charge in [-0.3, -0.25) is 24.6 Å². The van der Waals surface area contributed by atoms with Crippen LogP contribution in [0.1, 0.15) is 75.3 Å². The SMILES string of the molecule is CC(C)c1ccc(C2C(=C(O)c3ccc(C(C)(C)C)cc3)C(=O)C(=O)N2c2ncc(S(=O)(=O)C3=CCC([N+](=O)[O-])C=C3)s2)cc1. The van der Waals surface area contributed by atoms with Crippen LogP contribution in [0.15, 0.2) is 87.6 Å². The fourth-order valence-electron chi connectivity index (χ4n) is 5.24. The summed E-state index contributed by atoms with van der Waals surface area (Å²) in [5.74, 6) is -2.00.